The van der Waals surface area contributed by atoms with Gasteiger partial charge in [0.1, 0.15) is 11.9 Å². The molecular weight excluding hydrogens is 396 g/mol. The van der Waals surface area contributed by atoms with Gasteiger partial charge in [0.05, 0.1) is 18.2 Å². The molecule has 0 bridgehead atoms. The molecule has 3 atom stereocenters. The molecule has 3 rings (SSSR count). The Balaban J connectivity index is 1.82. The third kappa shape index (κ3) is 5.89. The van der Waals surface area contributed by atoms with E-state index in [1.54, 1.807) is 23.1 Å². The topological polar surface area (TPSA) is 103 Å². The van der Waals surface area contributed by atoms with Crippen molar-refractivity contribution in [1.82, 2.24) is 15.5 Å². The van der Waals surface area contributed by atoms with Crippen LogP contribution in [0.5, 0.6) is 5.75 Å². The lowest BCUT2D eigenvalue weighted by Gasteiger charge is -2.37. The van der Waals surface area contributed by atoms with Gasteiger partial charge in [-0.25, -0.2) is 4.79 Å². The summed E-state index contributed by atoms with van der Waals surface area (Å²) in [5.74, 6) is 0.366. The third-order valence-electron chi connectivity index (χ3n) is 6.27. The zero-order valence-electron chi connectivity index (χ0n) is 18.8. The molecule has 0 spiro atoms. The number of urea groups is 1. The second kappa shape index (κ2) is 10.8. The molecule has 8 nitrogen and oxygen atoms in total. The van der Waals surface area contributed by atoms with Gasteiger partial charge in [-0.3, -0.25) is 4.79 Å². The average Bonchev–Trinajstić information content (AvgIpc) is 2.76. The maximum Gasteiger partial charge on any atom is 0.319 e. The molecule has 1 aromatic carbocycles. The summed E-state index contributed by atoms with van der Waals surface area (Å²) in [6, 6.07) is 4.80. The van der Waals surface area contributed by atoms with E-state index < -0.39 is 0 Å². The predicted molar refractivity (Wildman–Crippen MR) is 121 cm³/mol. The van der Waals surface area contributed by atoms with Crippen molar-refractivity contribution in [2.45, 2.75) is 64.1 Å². The smallest absolute Gasteiger partial charge is 0.319 e. The zero-order chi connectivity index (χ0) is 22.4. The number of carbonyl (C=O) groups excluding carboxylic acids is 2. The molecule has 8 heteroatoms. The maximum absolute atomic E-state index is 13.3. The highest BCUT2D eigenvalue weighted by atomic mass is 16.5. The monoisotopic (exact) mass is 432 g/mol. The molecule has 0 saturated heterocycles. The maximum atomic E-state index is 13.3. The Kier molecular flexibility index (Phi) is 8.15. The van der Waals surface area contributed by atoms with Crippen LogP contribution < -0.4 is 20.7 Å². The fraction of sp³-hybridized carbons (Fsp3) is 0.652. The Morgan fingerprint density at radius 2 is 2.03 bits per heavy atom. The average molecular weight is 433 g/mol. The van der Waals surface area contributed by atoms with E-state index in [4.69, 9.17) is 4.74 Å². The molecule has 4 N–H and O–H groups in total. The molecule has 1 aliphatic heterocycles. The molecule has 0 aromatic heterocycles. The summed E-state index contributed by atoms with van der Waals surface area (Å²) in [5, 5.41) is 18.7. The number of benzene rings is 1. The van der Waals surface area contributed by atoms with Gasteiger partial charge < -0.3 is 30.7 Å². The number of nitrogens with one attached hydrogen (secondary N) is 3. The molecule has 172 valence electrons. The van der Waals surface area contributed by atoms with E-state index in [2.05, 4.69) is 16.0 Å². The van der Waals surface area contributed by atoms with E-state index in [0.29, 0.717) is 30.1 Å². The van der Waals surface area contributed by atoms with Crippen LogP contribution in [0.4, 0.5) is 10.5 Å². The van der Waals surface area contributed by atoms with Crippen LogP contribution in [-0.4, -0.2) is 66.9 Å². The number of fused-ring (bicyclic) bond motifs is 1. The number of nitrogens with zero attached hydrogens (tertiary/aromatic N) is 1. The molecule has 3 amide bonds. The fourth-order valence-corrected chi connectivity index (χ4v) is 4.34. The lowest BCUT2D eigenvalue weighted by atomic mass is 9.96. The molecule has 1 saturated carbocycles. The van der Waals surface area contributed by atoms with E-state index in [0.717, 1.165) is 25.7 Å². The Bertz CT molecular complexity index is 766. The lowest BCUT2D eigenvalue weighted by molar-refractivity contribution is 0.0416. The SMILES string of the molecule is CNC[C@H]1Oc2ccc(NC(=O)NC3CCCCC3)cc2C(=O)N([C@H](C)CO)C[C@@H]1C. The van der Waals surface area contributed by atoms with Crippen molar-refractivity contribution in [1.29, 1.82) is 0 Å². The van der Waals surface area contributed by atoms with Crippen LogP contribution in [0.1, 0.15) is 56.3 Å². The molecular formula is C23H36N4O4. The van der Waals surface area contributed by atoms with Crippen LogP contribution in [0.2, 0.25) is 0 Å². The molecule has 2 aliphatic rings. The number of rotatable bonds is 6. The van der Waals surface area contributed by atoms with Gasteiger partial charge in [0.25, 0.3) is 5.91 Å². The van der Waals surface area contributed by atoms with Gasteiger partial charge in [-0.2, -0.15) is 0 Å². The summed E-state index contributed by atoms with van der Waals surface area (Å²) < 4.78 is 6.20. The molecule has 0 radical (unpaired) electrons. The van der Waals surface area contributed by atoms with Crippen LogP contribution in [0, 0.1) is 5.92 Å². The van der Waals surface area contributed by atoms with Gasteiger partial charge in [-0.1, -0.05) is 26.2 Å². The summed E-state index contributed by atoms with van der Waals surface area (Å²) in [6.45, 7) is 4.88. The van der Waals surface area contributed by atoms with Crippen molar-refractivity contribution >= 4 is 17.6 Å². The Labute approximate surface area is 184 Å². The highest BCUT2D eigenvalue weighted by molar-refractivity contribution is 5.99. The van der Waals surface area contributed by atoms with E-state index in [9.17, 15) is 14.7 Å². The second-order valence-corrected chi connectivity index (χ2v) is 8.82. The van der Waals surface area contributed by atoms with Crippen molar-refractivity contribution < 1.29 is 19.4 Å². The quantitative estimate of drug-likeness (QED) is 0.553. The number of anilines is 1. The van der Waals surface area contributed by atoms with Crippen molar-refractivity contribution in [3.05, 3.63) is 23.8 Å². The first-order chi connectivity index (χ1) is 14.9. The Morgan fingerprint density at radius 3 is 2.71 bits per heavy atom. The number of ether oxygens (including phenoxy) is 1. The number of carbonyl (C=O) groups is 2. The van der Waals surface area contributed by atoms with Crippen molar-refractivity contribution in [2.24, 2.45) is 5.92 Å². The van der Waals surface area contributed by atoms with Crippen molar-refractivity contribution in [2.75, 3.05) is 32.1 Å². The third-order valence-corrected chi connectivity index (χ3v) is 6.27. The largest absolute Gasteiger partial charge is 0.488 e. The predicted octanol–water partition coefficient (Wildman–Crippen LogP) is 2.58. The van der Waals surface area contributed by atoms with E-state index >= 15 is 0 Å². The summed E-state index contributed by atoms with van der Waals surface area (Å²) in [5.41, 5.74) is 0.933. The van der Waals surface area contributed by atoms with E-state index in [1.165, 1.54) is 6.42 Å². The van der Waals surface area contributed by atoms with Gasteiger partial charge in [0.15, 0.2) is 0 Å². The first kappa shape index (κ1) is 23.3. The van der Waals surface area contributed by atoms with E-state index in [1.807, 2.05) is 20.9 Å². The van der Waals surface area contributed by atoms with Gasteiger partial charge in [0, 0.05) is 30.7 Å². The summed E-state index contributed by atoms with van der Waals surface area (Å²) in [7, 11) is 1.87. The number of likely N-dealkylation sites (N-methyl/N-ethyl adjacent to an activating group) is 1. The van der Waals surface area contributed by atoms with Gasteiger partial charge in [0.2, 0.25) is 0 Å². The number of aliphatic hydroxyl groups is 1. The van der Waals surface area contributed by atoms with Crippen LogP contribution in [-0.2, 0) is 0 Å². The molecule has 1 heterocycles. The number of hydrogen-bond donors (Lipinski definition) is 4. The first-order valence-corrected chi connectivity index (χ1v) is 11.4. The Morgan fingerprint density at radius 1 is 1.29 bits per heavy atom. The molecule has 1 aromatic rings. The van der Waals surface area contributed by atoms with Gasteiger partial charge in [-0.15, -0.1) is 0 Å². The lowest BCUT2D eigenvalue weighted by Crippen LogP contribution is -2.49. The van der Waals surface area contributed by atoms with Crippen LogP contribution >= 0.6 is 0 Å². The van der Waals surface area contributed by atoms with Gasteiger partial charge >= 0.3 is 6.03 Å². The van der Waals surface area contributed by atoms with E-state index in [-0.39, 0.29) is 42.7 Å². The molecule has 1 aliphatic carbocycles. The van der Waals surface area contributed by atoms with Crippen LogP contribution in [0.15, 0.2) is 18.2 Å². The van der Waals surface area contributed by atoms with Crippen molar-refractivity contribution in [3.63, 3.8) is 0 Å². The Hall–Kier alpha value is -2.32. The van der Waals surface area contributed by atoms with Gasteiger partial charge in [-0.05, 0) is 45.0 Å². The van der Waals surface area contributed by atoms with Crippen LogP contribution in [0.3, 0.4) is 0 Å². The number of aliphatic hydroxyl groups excluding tert-OH is 1. The minimum absolute atomic E-state index is 0.0811. The minimum atomic E-state index is -0.317. The summed E-state index contributed by atoms with van der Waals surface area (Å²) >= 11 is 0. The zero-order valence-corrected chi connectivity index (χ0v) is 18.8. The standard InChI is InChI=1S/C23H36N4O4/c1-15-13-27(16(2)14-28)22(29)19-11-18(9-10-20(19)31-21(15)12-24-3)26-23(30)25-17-7-5-4-6-8-17/h9-11,15-17,21,24,28H,4-8,12-14H2,1-3H3,(H2,25,26,30)/t15-,16+,21+/m0/s1. The molecule has 1 fully saturated rings. The van der Waals surface area contributed by atoms with Crippen LogP contribution in [0.25, 0.3) is 0 Å². The molecule has 31 heavy (non-hydrogen) atoms. The second-order valence-electron chi connectivity index (χ2n) is 8.82. The number of hydrogen-bond acceptors (Lipinski definition) is 5. The highest BCUT2D eigenvalue weighted by Crippen LogP contribution is 2.30. The number of amides is 3. The first-order valence-electron chi connectivity index (χ1n) is 11.4. The molecule has 0 unspecified atom stereocenters. The highest BCUT2D eigenvalue weighted by Gasteiger charge is 2.32. The normalized spacial score (nSPS) is 23.2. The van der Waals surface area contributed by atoms with Crippen molar-refractivity contribution in [3.8, 4) is 5.75 Å². The summed E-state index contributed by atoms with van der Waals surface area (Å²) in [4.78, 5) is 27.5. The minimum Gasteiger partial charge on any atom is -0.488 e. The summed E-state index contributed by atoms with van der Waals surface area (Å²) in [6.07, 6.45) is 5.38. The fourth-order valence-electron chi connectivity index (χ4n) is 4.34.